The van der Waals surface area contributed by atoms with Crippen LogP contribution in [-0.2, 0) is 12.8 Å². The molecule has 0 bridgehead atoms. The fraction of sp³-hybridized carbons (Fsp3) is 0.190. The fourth-order valence-corrected chi connectivity index (χ4v) is 3.89. The first-order valence-electron chi connectivity index (χ1n) is 9.12. The van der Waals surface area contributed by atoms with Gasteiger partial charge < -0.3 is 10.6 Å². The highest BCUT2D eigenvalue weighted by atomic mass is 16.2. The lowest BCUT2D eigenvalue weighted by Gasteiger charge is -2.25. The number of benzene rings is 2. The molecule has 2 amide bonds. The van der Waals surface area contributed by atoms with Crippen molar-refractivity contribution in [3.05, 3.63) is 66.0 Å². The molecule has 0 saturated heterocycles. The third-order valence-corrected chi connectivity index (χ3v) is 5.23. The summed E-state index contributed by atoms with van der Waals surface area (Å²) in [5.41, 5.74) is 4.10. The molecule has 2 aromatic heterocycles. The van der Waals surface area contributed by atoms with Gasteiger partial charge in [0.15, 0.2) is 5.65 Å². The highest BCUT2D eigenvalue weighted by molar-refractivity contribution is 5.93. The molecule has 1 aliphatic carbocycles. The molecule has 0 radical (unpaired) electrons. The number of aromatic amines is 1. The molecule has 1 aliphatic rings. The number of rotatable bonds is 2. The normalized spacial score (nSPS) is 16.2. The number of carbonyl (C=O) groups is 1. The summed E-state index contributed by atoms with van der Waals surface area (Å²) in [6.07, 6.45) is 6.33. The summed E-state index contributed by atoms with van der Waals surface area (Å²) >= 11 is 0. The first kappa shape index (κ1) is 15.8. The van der Waals surface area contributed by atoms with Crippen molar-refractivity contribution in [2.45, 2.75) is 25.3 Å². The van der Waals surface area contributed by atoms with Crippen molar-refractivity contribution in [3.63, 3.8) is 0 Å². The number of nitrogens with zero attached hydrogens (tertiary/aromatic N) is 2. The van der Waals surface area contributed by atoms with E-state index < -0.39 is 0 Å². The number of fused-ring (bicyclic) bond motifs is 4. The number of aryl methyl sites for hydroxylation is 1. The maximum Gasteiger partial charge on any atom is 0.319 e. The van der Waals surface area contributed by atoms with Gasteiger partial charge in [0, 0.05) is 23.3 Å². The standard InChI is InChI=1S/C21H19N5O/c27-21(24-16-6-5-13-3-1-2-4-14(13)9-16)25-17-7-8-18-15(10-17)11-22-20-19(18)12-23-26-20/h1-6,9,11-12,17H,7-8,10H2,(H,22,23,26)(H2,24,25,27). The number of H-pyrrole nitrogens is 1. The molecule has 1 atom stereocenters. The van der Waals surface area contributed by atoms with E-state index in [4.69, 9.17) is 0 Å². The third-order valence-electron chi connectivity index (χ3n) is 5.23. The van der Waals surface area contributed by atoms with Gasteiger partial charge in [0.1, 0.15) is 0 Å². The van der Waals surface area contributed by atoms with Crippen molar-refractivity contribution in [1.29, 1.82) is 0 Å². The van der Waals surface area contributed by atoms with Crippen molar-refractivity contribution in [3.8, 4) is 0 Å². The molecule has 0 saturated carbocycles. The first-order chi connectivity index (χ1) is 13.3. The summed E-state index contributed by atoms with van der Waals surface area (Å²) in [5.74, 6) is 0. The number of aromatic nitrogens is 3. The van der Waals surface area contributed by atoms with Crippen LogP contribution in [0.1, 0.15) is 17.5 Å². The Labute approximate surface area is 156 Å². The van der Waals surface area contributed by atoms with Gasteiger partial charge in [0.05, 0.1) is 6.20 Å². The predicted molar refractivity (Wildman–Crippen MR) is 106 cm³/mol. The van der Waals surface area contributed by atoms with Gasteiger partial charge in [-0.05, 0) is 53.3 Å². The molecule has 2 aromatic carbocycles. The summed E-state index contributed by atoms with van der Waals surface area (Å²) in [5, 5.41) is 16.4. The minimum absolute atomic E-state index is 0.101. The Hall–Kier alpha value is -3.41. The van der Waals surface area contributed by atoms with Gasteiger partial charge in [0.2, 0.25) is 0 Å². The fourth-order valence-electron chi connectivity index (χ4n) is 3.89. The molecule has 2 heterocycles. The van der Waals surface area contributed by atoms with E-state index in [9.17, 15) is 4.79 Å². The molecule has 0 aliphatic heterocycles. The largest absolute Gasteiger partial charge is 0.335 e. The lowest BCUT2D eigenvalue weighted by molar-refractivity contribution is 0.247. The number of nitrogens with one attached hydrogen (secondary N) is 3. The minimum Gasteiger partial charge on any atom is -0.335 e. The van der Waals surface area contributed by atoms with E-state index in [1.165, 1.54) is 11.1 Å². The monoisotopic (exact) mass is 357 g/mol. The maximum absolute atomic E-state index is 12.4. The van der Waals surface area contributed by atoms with Gasteiger partial charge in [-0.25, -0.2) is 9.78 Å². The van der Waals surface area contributed by atoms with Crippen LogP contribution in [0.4, 0.5) is 10.5 Å². The van der Waals surface area contributed by atoms with Gasteiger partial charge >= 0.3 is 6.03 Å². The molecule has 5 rings (SSSR count). The van der Waals surface area contributed by atoms with Crippen LogP contribution in [0.2, 0.25) is 0 Å². The van der Waals surface area contributed by atoms with E-state index in [1.54, 1.807) is 0 Å². The SMILES string of the molecule is O=C(Nc1ccc2ccccc2c1)NC1CCc2c(cnc3[nH]ncc23)C1. The van der Waals surface area contributed by atoms with Crippen LogP contribution in [0.15, 0.2) is 54.9 Å². The number of amides is 2. The van der Waals surface area contributed by atoms with Crippen LogP contribution < -0.4 is 10.6 Å². The molecular formula is C21H19N5O. The van der Waals surface area contributed by atoms with Gasteiger partial charge in [-0.15, -0.1) is 0 Å². The molecule has 3 N–H and O–H groups in total. The molecule has 27 heavy (non-hydrogen) atoms. The van der Waals surface area contributed by atoms with E-state index in [-0.39, 0.29) is 12.1 Å². The van der Waals surface area contributed by atoms with Gasteiger partial charge in [0.25, 0.3) is 0 Å². The molecule has 0 spiro atoms. The Kier molecular flexibility index (Phi) is 3.74. The van der Waals surface area contributed by atoms with Crippen molar-refractivity contribution < 1.29 is 4.79 Å². The molecule has 1 unspecified atom stereocenters. The average molecular weight is 357 g/mol. The Morgan fingerprint density at radius 3 is 2.93 bits per heavy atom. The lowest BCUT2D eigenvalue weighted by atomic mass is 9.88. The maximum atomic E-state index is 12.4. The smallest absolute Gasteiger partial charge is 0.319 e. The van der Waals surface area contributed by atoms with Gasteiger partial charge in [-0.1, -0.05) is 30.3 Å². The highest BCUT2D eigenvalue weighted by Crippen LogP contribution is 2.27. The average Bonchev–Trinajstić information content (AvgIpc) is 3.17. The zero-order chi connectivity index (χ0) is 18.2. The molecular weight excluding hydrogens is 338 g/mol. The second-order valence-electron chi connectivity index (χ2n) is 6.99. The minimum atomic E-state index is -0.170. The van der Waals surface area contributed by atoms with Gasteiger partial charge in [-0.2, -0.15) is 5.10 Å². The van der Waals surface area contributed by atoms with E-state index in [0.29, 0.717) is 0 Å². The zero-order valence-electron chi connectivity index (χ0n) is 14.7. The summed E-state index contributed by atoms with van der Waals surface area (Å²) in [4.78, 5) is 16.9. The summed E-state index contributed by atoms with van der Waals surface area (Å²) in [6.45, 7) is 0. The van der Waals surface area contributed by atoms with E-state index in [2.05, 4.69) is 31.9 Å². The number of anilines is 1. The number of hydrogen-bond donors (Lipinski definition) is 3. The quantitative estimate of drug-likeness (QED) is 0.510. The van der Waals surface area contributed by atoms with Crippen LogP contribution >= 0.6 is 0 Å². The second kappa shape index (κ2) is 6.39. The highest BCUT2D eigenvalue weighted by Gasteiger charge is 2.22. The Bertz CT molecular complexity index is 1150. The van der Waals surface area contributed by atoms with Gasteiger partial charge in [-0.3, -0.25) is 5.10 Å². The van der Waals surface area contributed by atoms with Crippen molar-refractivity contribution in [1.82, 2.24) is 20.5 Å². The predicted octanol–water partition coefficient (Wildman–Crippen LogP) is 3.79. The lowest BCUT2D eigenvalue weighted by Crippen LogP contribution is -2.41. The Balaban J connectivity index is 1.28. The molecule has 6 heteroatoms. The third kappa shape index (κ3) is 2.99. The van der Waals surface area contributed by atoms with Crippen LogP contribution in [-0.4, -0.2) is 27.3 Å². The Morgan fingerprint density at radius 1 is 1.11 bits per heavy atom. The van der Waals surface area contributed by atoms with E-state index >= 15 is 0 Å². The first-order valence-corrected chi connectivity index (χ1v) is 9.12. The van der Waals surface area contributed by atoms with Crippen LogP contribution in [0.5, 0.6) is 0 Å². The molecule has 134 valence electrons. The molecule has 0 fully saturated rings. The van der Waals surface area contributed by atoms with Crippen molar-refractivity contribution in [2.75, 3.05) is 5.32 Å². The zero-order valence-corrected chi connectivity index (χ0v) is 14.7. The van der Waals surface area contributed by atoms with Crippen LogP contribution in [0, 0.1) is 0 Å². The second-order valence-corrected chi connectivity index (χ2v) is 6.99. The van der Waals surface area contributed by atoms with Crippen LogP contribution in [0.25, 0.3) is 21.8 Å². The van der Waals surface area contributed by atoms with Crippen molar-refractivity contribution in [2.24, 2.45) is 0 Å². The van der Waals surface area contributed by atoms with Crippen LogP contribution in [0.3, 0.4) is 0 Å². The number of hydrogen-bond acceptors (Lipinski definition) is 3. The summed E-state index contributed by atoms with van der Waals surface area (Å²) in [7, 11) is 0. The topological polar surface area (TPSA) is 82.7 Å². The number of urea groups is 1. The summed E-state index contributed by atoms with van der Waals surface area (Å²) < 4.78 is 0. The van der Waals surface area contributed by atoms with E-state index in [1.807, 2.05) is 48.8 Å². The number of carbonyl (C=O) groups excluding carboxylic acids is 1. The number of pyridine rings is 1. The summed E-state index contributed by atoms with van der Waals surface area (Å²) in [6, 6.07) is 14.0. The van der Waals surface area contributed by atoms with Crippen molar-refractivity contribution >= 4 is 33.5 Å². The Morgan fingerprint density at radius 2 is 2.00 bits per heavy atom. The molecule has 6 nitrogen and oxygen atoms in total. The van der Waals surface area contributed by atoms with E-state index in [0.717, 1.165) is 46.8 Å². The molecule has 4 aromatic rings.